The van der Waals surface area contributed by atoms with E-state index in [4.69, 9.17) is 4.74 Å². The van der Waals surface area contributed by atoms with E-state index in [1.165, 1.54) is 76.3 Å². The summed E-state index contributed by atoms with van der Waals surface area (Å²) in [4.78, 5) is 0. The molecule has 1 aliphatic heterocycles. The highest BCUT2D eigenvalue weighted by atomic mass is 16.5. The van der Waals surface area contributed by atoms with Crippen molar-refractivity contribution in [3.63, 3.8) is 0 Å². The van der Waals surface area contributed by atoms with Gasteiger partial charge in [0, 0.05) is 16.3 Å². The Bertz CT molecular complexity index is 2670. The maximum Gasteiger partial charge on any atom is 0.143 e. The zero-order valence-electron chi connectivity index (χ0n) is 24.4. The Hall–Kier alpha value is -5.92. The normalized spacial score (nSPS) is 12.2. The second-order valence-corrected chi connectivity index (χ2v) is 12.0. The van der Waals surface area contributed by atoms with Crippen LogP contribution in [0.15, 0.2) is 158 Å². The molecule has 1 aliphatic rings. The molecule has 0 saturated heterocycles. The minimum atomic E-state index is 0.911. The summed E-state index contributed by atoms with van der Waals surface area (Å²) >= 11 is 0. The first kappa shape index (κ1) is 24.5. The minimum Gasteiger partial charge on any atom is -0.455 e. The van der Waals surface area contributed by atoms with Gasteiger partial charge in [-0.25, -0.2) is 0 Å². The van der Waals surface area contributed by atoms with E-state index in [0.717, 1.165) is 22.4 Å². The number of ether oxygens (including phenoxy) is 1. The fourth-order valence-electron chi connectivity index (χ4n) is 7.64. The van der Waals surface area contributed by atoms with Crippen LogP contribution in [0.1, 0.15) is 0 Å². The summed E-state index contributed by atoms with van der Waals surface area (Å²) < 4.78 is 6.75. The number of benzene rings is 9. The predicted octanol–water partition coefficient (Wildman–Crippen LogP) is 12.6. The summed E-state index contributed by atoms with van der Waals surface area (Å²) in [6, 6.07) is 57.3. The Labute approximate surface area is 260 Å². The second-order valence-electron chi connectivity index (χ2n) is 12.0. The van der Waals surface area contributed by atoms with Crippen LogP contribution in [0.25, 0.3) is 87.2 Å². The Balaban J connectivity index is 1.34. The summed E-state index contributed by atoms with van der Waals surface area (Å²) in [5, 5.41) is 12.3. The molecule has 1 heteroatoms. The van der Waals surface area contributed by atoms with Gasteiger partial charge in [0.15, 0.2) is 0 Å². The summed E-state index contributed by atoms with van der Waals surface area (Å²) in [5.41, 5.74) is 7.33. The number of hydrogen-bond acceptors (Lipinski definition) is 1. The zero-order chi connectivity index (χ0) is 29.5. The molecule has 0 fully saturated rings. The van der Waals surface area contributed by atoms with Gasteiger partial charge in [-0.05, 0) is 95.2 Å². The van der Waals surface area contributed by atoms with Crippen molar-refractivity contribution in [1.29, 1.82) is 0 Å². The molecule has 0 N–H and O–H groups in total. The molecule has 0 atom stereocenters. The molecule has 10 rings (SSSR count). The van der Waals surface area contributed by atoms with Gasteiger partial charge >= 0.3 is 0 Å². The van der Waals surface area contributed by atoms with Gasteiger partial charge in [-0.3, -0.25) is 0 Å². The van der Waals surface area contributed by atoms with Gasteiger partial charge in [-0.2, -0.15) is 0 Å². The van der Waals surface area contributed by atoms with E-state index in [1.807, 2.05) is 0 Å². The topological polar surface area (TPSA) is 9.23 Å². The first-order chi connectivity index (χ1) is 22.3. The highest BCUT2D eigenvalue weighted by Gasteiger charge is 2.24. The third-order valence-electron chi connectivity index (χ3n) is 9.61. The second kappa shape index (κ2) is 9.29. The first-order valence-corrected chi connectivity index (χ1v) is 15.5. The highest BCUT2D eigenvalue weighted by molar-refractivity contribution is 6.27. The first-order valence-electron chi connectivity index (χ1n) is 15.5. The molecule has 208 valence electrons. The quantitative estimate of drug-likeness (QED) is 0.148. The van der Waals surface area contributed by atoms with Crippen molar-refractivity contribution in [2.45, 2.75) is 0 Å². The van der Waals surface area contributed by atoms with E-state index in [2.05, 4.69) is 158 Å². The van der Waals surface area contributed by atoms with Crippen molar-refractivity contribution in [1.82, 2.24) is 0 Å². The molecule has 9 aromatic carbocycles. The molecule has 0 bridgehead atoms. The van der Waals surface area contributed by atoms with Crippen LogP contribution in [0.4, 0.5) is 0 Å². The highest BCUT2D eigenvalue weighted by Crippen LogP contribution is 2.52. The third-order valence-corrected chi connectivity index (χ3v) is 9.61. The van der Waals surface area contributed by atoms with Crippen LogP contribution in [0.5, 0.6) is 11.5 Å². The lowest BCUT2D eigenvalue weighted by molar-refractivity contribution is 0.493. The SMILES string of the molecule is c1ccc(-c2c3ccccc3cc3c(-c4ccc5c6c(cccc46)-c4ccc6ccccc6c4O5)cc4ccccc4c23)cc1. The summed E-state index contributed by atoms with van der Waals surface area (Å²) in [6.07, 6.45) is 0. The van der Waals surface area contributed by atoms with Crippen molar-refractivity contribution >= 4 is 53.9 Å². The standard InChI is InChI=1S/C44H26O/c1-2-12-28(13-3-1)41-31-16-7-5-15-30(31)26-39-38(25-29-14-6-8-17-32(29)43(39)41)34-23-24-40-42-35(34)19-10-20-36(42)37-22-21-27-11-4-9-18-33(27)44(37)45-40/h1-26H. The molecular weight excluding hydrogens is 544 g/mol. The van der Waals surface area contributed by atoms with Gasteiger partial charge < -0.3 is 4.74 Å². The van der Waals surface area contributed by atoms with Crippen LogP contribution in [0.2, 0.25) is 0 Å². The third kappa shape index (κ3) is 3.50. The lowest BCUT2D eigenvalue weighted by atomic mass is 9.84. The van der Waals surface area contributed by atoms with Gasteiger partial charge in [-0.1, -0.05) is 133 Å². The average molecular weight is 571 g/mol. The zero-order valence-corrected chi connectivity index (χ0v) is 24.4. The van der Waals surface area contributed by atoms with E-state index in [9.17, 15) is 0 Å². The summed E-state index contributed by atoms with van der Waals surface area (Å²) in [6.45, 7) is 0. The van der Waals surface area contributed by atoms with E-state index in [1.54, 1.807) is 0 Å². The molecule has 0 saturated carbocycles. The van der Waals surface area contributed by atoms with Crippen LogP contribution in [-0.2, 0) is 0 Å². The Morgan fingerprint density at radius 1 is 0.333 bits per heavy atom. The number of rotatable bonds is 2. The summed E-state index contributed by atoms with van der Waals surface area (Å²) in [7, 11) is 0. The van der Waals surface area contributed by atoms with Crippen LogP contribution < -0.4 is 4.74 Å². The van der Waals surface area contributed by atoms with Crippen molar-refractivity contribution < 1.29 is 4.74 Å². The fraction of sp³-hybridized carbons (Fsp3) is 0. The lowest BCUT2D eigenvalue weighted by Gasteiger charge is -2.24. The van der Waals surface area contributed by atoms with Gasteiger partial charge in [0.2, 0.25) is 0 Å². The molecule has 45 heavy (non-hydrogen) atoms. The van der Waals surface area contributed by atoms with Gasteiger partial charge in [0.25, 0.3) is 0 Å². The van der Waals surface area contributed by atoms with Gasteiger partial charge in [-0.15, -0.1) is 0 Å². The van der Waals surface area contributed by atoms with E-state index < -0.39 is 0 Å². The van der Waals surface area contributed by atoms with E-state index >= 15 is 0 Å². The molecule has 0 aliphatic carbocycles. The maximum atomic E-state index is 6.75. The van der Waals surface area contributed by atoms with Crippen molar-refractivity contribution in [3.8, 4) is 44.9 Å². The number of hydrogen-bond donors (Lipinski definition) is 0. The maximum absolute atomic E-state index is 6.75. The minimum absolute atomic E-state index is 0.911. The van der Waals surface area contributed by atoms with Crippen LogP contribution in [-0.4, -0.2) is 0 Å². The molecule has 1 heterocycles. The Kier molecular flexibility index (Phi) is 5.06. The van der Waals surface area contributed by atoms with Crippen LogP contribution >= 0.6 is 0 Å². The smallest absolute Gasteiger partial charge is 0.143 e. The average Bonchev–Trinajstić information content (AvgIpc) is 3.11. The molecule has 0 radical (unpaired) electrons. The summed E-state index contributed by atoms with van der Waals surface area (Å²) in [5.74, 6) is 1.85. The monoisotopic (exact) mass is 570 g/mol. The van der Waals surface area contributed by atoms with Crippen LogP contribution in [0.3, 0.4) is 0 Å². The molecule has 0 spiro atoms. The predicted molar refractivity (Wildman–Crippen MR) is 190 cm³/mol. The van der Waals surface area contributed by atoms with Crippen molar-refractivity contribution in [2.75, 3.05) is 0 Å². The van der Waals surface area contributed by atoms with E-state index in [0.29, 0.717) is 0 Å². The lowest BCUT2D eigenvalue weighted by Crippen LogP contribution is -1.99. The van der Waals surface area contributed by atoms with E-state index in [-0.39, 0.29) is 0 Å². The molecular formula is C44H26O. The number of fused-ring (bicyclic) bond motifs is 8. The van der Waals surface area contributed by atoms with Crippen LogP contribution in [0, 0.1) is 0 Å². The Morgan fingerprint density at radius 2 is 1.00 bits per heavy atom. The molecule has 1 nitrogen and oxygen atoms in total. The van der Waals surface area contributed by atoms with Crippen molar-refractivity contribution in [3.05, 3.63) is 158 Å². The molecule has 9 aromatic rings. The fourth-order valence-corrected chi connectivity index (χ4v) is 7.64. The molecule has 0 amide bonds. The van der Waals surface area contributed by atoms with Crippen molar-refractivity contribution in [2.24, 2.45) is 0 Å². The largest absolute Gasteiger partial charge is 0.455 e. The molecule has 0 aromatic heterocycles. The van der Waals surface area contributed by atoms with Gasteiger partial charge in [0.05, 0.1) is 0 Å². The Morgan fingerprint density at radius 3 is 1.84 bits per heavy atom. The van der Waals surface area contributed by atoms with Gasteiger partial charge in [0.1, 0.15) is 11.5 Å². The molecule has 0 unspecified atom stereocenters.